The van der Waals surface area contributed by atoms with Crippen LogP contribution in [0.3, 0.4) is 0 Å². The monoisotopic (exact) mass is 303 g/mol. The van der Waals surface area contributed by atoms with Crippen molar-refractivity contribution < 1.29 is 8.95 Å². The molecule has 2 rings (SSSR count). The minimum Gasteiger partial charge on any atom is -0.493 e. The smallest absolute Gasteiger partial charge is 0.133 e. The fourth-order valence-electron chi connectivity index (χ4n) is 1.59. The quantitative estimate of drug-likeness (QED) is 0.606. The molecule has 5 heteroatoms. The van der Waals surface area contributed by atoms with Crippen LogP contribution in [-0.2, 0) is 10.8 Å². The zero-order valence-electron chi connectivity index (χ0n) is 10.7. The summed E-state index contributed by atoms with van der Waals surface area (Å²) in [6.45, 7) is 0.485. The van der Waals surface area contributed by atoms with Crippen LogP contribution in [0.5, 0.6) is 5.75 Å². The van der Waals surface area contributed by atoms with E-state index in [4.69, 9.17) is 10.00 Å². The van der Waals surface area contributed by atoms with Crippen LogP contribution in [0, 0.1) is 10.7 Å². The predicted molar refractivity (Wildman–Crippen MR) is 81.1 cm³/mol. The Balaban J connectivity index is 1.98. The summed E-state index contributed by atoms with van der Waals surface area (Å²) in [6, 6.07) is 16.5. The standard InChI is InChI=1S/C15H13NO2S2/c16-12-19-11-10-18-13-6-8-15(9-7-13)20(17)14-4-2-1-3-5-14/h1-9H,10-11H2/t20-/m0/s1. The largest absolute Gasteiger partial charge is 0.493 e. The fraction of sp³-hybridized carbons (Fsp3) is 0.133. The summed E-state index contributed by atoms with van der Waals surface area (Å²) in [5.74, 6) is 1.35. The van der Waals surface area contributed by atoms with Gasteiger partial charge < -0.3 is 4.74 Å². The van der Waals surface area contributed by atoms with E-state index in [-0.39, 0.29) is 0 Å². The third-order valence-electron chi connectivity index (χ3n) is 2.51. The van der Waals surface area contributed by atoms with Crippen molar-refractivity contribution in [2.45, 2.75) is 9.79 Å². The number of benzene rings is 2. The second-order valence-electron chi connectivity index (χ2n) is 3.84. The number of hydrogen-bond donors (Lipinski definition) is 0. The molecule has 2 aromatic rings. The molecule has 0 aliphatic rings. The first-order valence-electron chi connectivity index (χ1n) is 6.02. The molecule has 2 aromatic carbocycles. The first kappa shape index (κ1) is 14.6. The molecule has 0 radical (unpaired) electrons. The molecule has 0 aromatic heterocycles. The van der Waals surface area contributed by atoms with Gasteiger partial charge in [0.05, 0.1) is 17.4 Å². The van der Waals surface area contributed by atoms with Gasteiger partial charge in [-0.1, -0.05) is 18.2 Å². The van der Waals surface area contributed by atoms with Crippen molar-refractivity contribution in [1.82, 2.24) is 0 Å². The van der Waals surface area contributed by atoms with Crippen molar-refractivity contribution in [1.29, 1.82) is 5.26 Å². The molecule has 0 heterocycles. The average molecular weight is 303 g/mol. The highest BCUT2D eigenvalue weighted by Crippen LogP contribution is 2.19. The van der Waals surface area contributed by atoms with Crippen molar-refractivity contribution in [3.8, 4) is 11.2 Å². The molecule has 1 atom stereocenters. The molecule has 3 nitrogen and oxygen atoms in total. The zero-order chi connectivity index (χ0) is 14.2. The van der Waals surface area contributed by atoms with E-state index in [1.807, 2.05) is 35.7 Å². The number of hydrogen-bond acceptors (Lipinski definition) is 4. The molecule has 0 fully saturated rings. The Labute approximate surface area is 125 Å². The van der Waals surface area contributed by atoms with Gasteiger partial charge in [-0.25, -0.2) is 4.21 Å². The molecule has 0 spiro atoms. The lowest BCUT2D eigenvalue weighted by molar-refractivity contribution is 0.344. The van der Waals surface area contributed by atoms with E-state index in [1.54, 1.807) is 24.3 Å². The molecule has 0 N–H and O–H groups in total. The minimum absolute atomic E-state index is 0.485. The van der Waals surface area contributed by atoms with Crippen molar-refractivity contribution in [3.05, 3.63) is 54.6 Å². The maximum atomic E-state index is 12.3. The summed E-state index contributed by atoms with van der Waals surface area (Å²) in [4.78, 5) is 1.53. The Kier molecular flexibility index (Phi) is 5.66. The minimum atomic E-state index is -1.17. The van der Waals surface area contributed by atoms with Gasteiger partial charge in [-0.15, -0.1) is 0 Å². The van der Waals surface area contributed by atoms with E-state index in [2.05, 4.69) is 0 Å². The van der Waals surface area contributed by atoms with Gasteiger partial charge in [0.2, 0.25) is 0 Å². The molecule has 20 heavy (non-hydrogen) atoms. The molecule has 0 unspecified atom stereocenters. The number of nitriles is 1. The number of thiocyanates is 1. The van der Waals surface area contributed by atoms with Gasteiger partial charge in [-0.05, 0) is 48.2 Å². The average Bonchev–Trinajstić information content (AvgIpc) is 2.52. The Morgan fingerprint density at radius 2 is 1.70 bits per heavy atom. The normalized spacial score (nSPS) is 11.6. The molecular formula is C15H13NO2S2. The number of nitrogens with zero attached hydrogens (tertiary/aromatic N) is 1. The van der Waals surface area contributed by atoms with Gasteiger partial charge in [-0.3, -0.25) is 0 Å². The Morgan fingerprint density at radius 3 is 2.35 bits per heavy atom. The summed E-state index contributed by atoms with van der Waals surface area (Å²) in [5.41, 5.74) is 0. The lowest BCUT2D eigenvalue weighted by atomic mass is 10.3. The van der Waals surface area contributed by atoms with E-state index in [0.717, 1.165) is 27.3 Å². The van der Waals surface area contributed by atoms with Gasteiger partial charge >= 0.3 is 0 Å². The molecule has 0 bridgehead atoms. The first-order chi connectivity index (χ1) is 9.81. The number of rotatable bonds is 6. The molecule has 0 aliphatic carbocycles. The SMILES string of the molecule is N#CSCCOc1ccc([S@@](=O)c2ccccc2)cc1. The highest BCUT2D eigenvalue weighted by atomic mass is 32.2. The van der Waals surface area contributed by atoms with Crippen LogP contribution in [0.1, 0.15) is 0 Å². The summed E-state index contributed by atoms with van der Waals surface area (Å²) in [7, 11) is -1.17. The zero-order valence-corrected chi connectivity index (χ0v) is 12.3. The van der Waals surface area contributed by atoms with Crippen molar-refractivity contribution in [2.24, 2.45) is 0 Å². The van der Waals surface area contributed by atoms with Crippen LogP contribution in [-0.4, -0.2) is 16.6 Å². The first-order valence-corrected chi connectivity index (χ1v) is 8.15. The molecule has 0 aliphatic heterocycles. The second-order valence-corrected chi connectivity index (χ2v) is 6.20. The van der Waals surface area contributed by atoms with Crippen LogP contribution in [0.25, 0.3) is 0 Å². The molecule has 0 saturated heterocycles. The van der Waals surface area contributed by atoms with Crippen LogP contribution in [0.4, 0.5) is 0 Å². The van der Waals surface area contributed by atoms with E-state index in [0.29, 0.717) is 12.4 Å². The number of ether oxygens (including phenoxy) is 1. The van der Waals surface area contributed by atoms with Crippen LogP contribution < -0.4 is 4.74 Å². The van der Waals surface area contributed by atoms with E-state index < -0.39 is 10.8 Å². The predicted octanol–water partition coefficient (Wildman–Crippen LogP) is 3.45. The van der Waals surface area contributed by atoms with Gasteiger partial charge in [-0.2, -0.15) is 5.26 Å². The second kappa shape index (κ2) is 7.73. The third-order valence-corrected chi connectivity index (χ3v) is 4.41. The molecule has 0 saturated carbocycles. The van der Waals surface area contributed by atoms with Crippen molar-refractivity contribution in [2.75, 3.05) is 12.4 Å². The lowest BCUT2D eigenvalue weighted by Gasteiger charge is -2.06. The molecular weight excluding hydrogens is 290 g/mol. The summed E-state index contributed by atoms with van der Waals surface area (Å²) in [5, 5.41) is 10.4. The van der Waals surface area contributed by atoms with Crippen LogP contribution in [0.2, 0.25) is 0 Å². The summed E-state index contributed by atoms with van der Waals surface area (Å²) >= 11 is 1.16. The number of thioether (sulfide) groups is 1. The topological polar surface area (TPSA) is 50.1 Å². The van der Waals surface area contributed by atoms with Gasteiger partial charge in [0.1, 0.15) is 11.2 Å². The summed E-state index contributed by atoms with van der Waals surface area (Å²) < 4.78 is 17.8. The molecule has 0 amide bonds. The maximum Gasteiger partial charge on any atom is 0.133 e. The van der Waals surface area contributed by atoms with Crippen LogP contribution >= 0.6 is 11.8 Å². The highest BCUT2D eigenvalue weighted by Gasteiger charge is 2.06. The van der Waals surface area contributed by atoms with Crippen molar-refractivity contribution >= 4 is 22.6 Å². The third kappa shape index (κ3) is 4.12. The summed E-state index contributed by atoms with van der Waals surface area (Å²) in [6.07, 6.45) is 0. The van der Waals surface area contributed by atoms with E-state index in [9.17, 15) is 4.21 Å². The highest BCUT2D eigenvalue weighted by molar-refractivity contribution is 8.03. The lowest BCUT2D eigenvalue weighted by Crippen LogP contribution is -1.99. The molecule has 102 valence electrons. The van der Waals surface area contributed by atoms with Crippen molar-refractivity contribution in [3.63, 3.8) is 0 Å². The van der Waals surface area contributed by atoms with E-state index in [1.165, 1.54) is 0 Å². The van der Waals surface area contributed by atoms with E-state index >= 15 is 0 Å². The Morgan fingerprint density at radius 1 is 1.05 bits per heavy atom. The Hall–Kier alpha value is -1.77. The maximum absolute atomic E-state index is 12.3. The fourth-order valence-corrected chi connectivity index (χ4v) is 2.90. The Bertz CT molecular complexity index is 606. The van der Waals surface area contributed by atoms with Gasteiger partial charge in [0.25, 0.3) is 0 Å². The van der Waals surface area contributed by atoms with Gasteiger partial charge in [0.15, 0.2) is 0 Å². The van der Waals surface area contributed by atoms with Crippen LogP contribution in [0.15, 0.2) is 64.4 Å². The van der Waals surface area contributed by atoms with Gasteiger partial charge in [0, 0.05) is 15.5 Å².